The maximum atomic E-state index is 5.31. The number of ether oxygens (including phenoxy) is 1. The Kier molecular flexibility index (Phi) is 4.27. The summed E-state index contributed by atoms with van der Waals surface area (Å²) < 4.78 is 7.68. The van der Waals surface area contributed by atoms with Gasteiger partial charge in [-0.3, -0.25) is 0 Å². The average Bonchev–Trinajstić information content (AvgIpc) is 2.93. The molecule has 1 aliphatic rings. The number of nitrogens with one attached hydrogen (secondary N) is 1. The normalized spacial score (nSPS) is 22.8. The number of rotatable bonds is 5. The van der Waals surface area contributed by atoms with Crippen molar-refractivity contribution in [1.82, 2.24) is 14.9 Å². The Bertz CT molecular complexity index is 599. The van der Waals surface area contributed by atoms with Crippen LogP contribution in [-0.2, 0) is 16.7 Å². The lowest BCUT2D eigenvalue weighted by atomic mass is 9.77. The quantitative estimate of drug-likeness (QED) is 0.919. The van der Waals surface area contributed by atoms with Crippen LogP contribution in [0.25, 0.3) is 11.0 Å². The largest absolute Gasteiger partial charge is 0.383 e. The van der Waals surface area contributed by atoms with E-state index < -0.39 is 0 Å². The first-order valence-electron chi connectivity index (χ1n) is 7.96. The predicted molar refractivity (Wildman–Crippen MR) is 85.7 cm³/mol. The molecule has 4 nitrogen and oxygen atoms in total. The van der Waals surface area contributed by atoms with E-state index in [2.05, 4.69) is 41.1 Å². The van der Waals surface area contributed by atoms with Crippen LogP contribution in [0, 0.1) is 0 Å². The zero-order valence-corrected chi connectivity index (χ0v) is 13.1. The molecule has 1 aromatic heterocycles. The van der Waals surface area contributed by atoms with Gasteiger partial charge in [0, 0.05) is 25.6 Å². The smallest absolute Gasteiger partial charge is 0.117 e. The van der Waals surface area contributed by atoms with E-state index in [9.17, 15) is 0 Å². The summed E-state index contributed by atoms with van der Waals surface area (Å²) in [4.78, 5) is 5.00. The van der Waals surface area contributed by atoms with E-state index in [1.165, 1.54) is 24.2 Å². The van der Waals surface area contributed by atoms with Crippen LogP contribution in [0.3, 0.4) is 0 Å². The minimum Gasteiger partial charge on any atom is -0.383 e. The number of methoxy groups -OCH3 is 1. The summed E-state index contributed by atoms with van der Waals surface area (Å²) in [5, 5.41) is 3.57. The number of nitrogens with zero attached hydrogens (tertiary/aromatic N) is 2. The lowest BCUT2D eigenvalue weighted by Gasteiger charge is -2.36. The van der Waals surface area contributed by atoms with Gasteiger partial charge < -0.3 is 14.6 Å². The van der Waals surface area contributed by atoms with Crippen molar-refractivity contribution in [2.75, 3.05) is 26.8 Å². The highest BCUT2D eigenvalue weighted by Crippen LogP contribution is 2.35. The highest BCUT2D eigenvalue weighted by molar-refractivity contribution is 5.76. The third-order valence-corrected chi connectivity index (χ3v) is 4.80. The fourth-order valence-corrected chi connectivity index (χ4v) is 3.51. The Morgan fingerprint density at radius 2 is 2.24 bits per heavy atom. The fourth-order valence-electron chi connectivity index (χ4n) is 3.51. The van der Waals surface area contributed by atoms with E-state index in [0.717, 1.165) is 38.2 Å². The van der Waals surface area contributed by atoms with Gasteiger partial charge in [-0.25, -0.2) is 4.98 Å². The molecule has 1 N–H and O–H groups in total. The van der Waals surface area contributed by atoms with Crippen LogP contribution in [0.5, 0.6) is 0 Å². The van der Waals surface area contributed by atoms with Crippen LogP contribution in [0.2, 0.25) is 0 Å². The standard InChI is InChI=1S/C17H25N3O/c1-3-17(9-6-10-18-13-17)16-19-14-7-4-5-8-15(14)20(16)11-12-21-2/h4-5,7-8,18H,3,6,9-13H2,1-2H3. The first kappa shape index (κ1) is 14.5. The number of para-hydroxylation sites is 2. The van der Waals surface area contributed by atoms with Crippen LogP contribution in [0.1, 0.15) is 32.0 Å². The molecule has 0 amide bonds. The summed E-state index contributed by atoms with van der Waals surface area (Å²) in [7, 11) is 1.76. The fraction of sp³-hybridized carbons (Fsp3) is 0.588. The van der Waals surface area contributed by atoms with Gasteiger partial charge >= 0.3 is 0 Å². The van der Waals surface area contributed by atoms with Crippen LogP contribution in [0.4, 0.5) is 0 Å². The summed E-state index contributed by atoms with van der Waals surface area (Å²) >= 11 is 0. The maximum absolute atomic E-state index is 5.31. The second-order valence-electron chi connectivity index (χ2n) is 5.98. The van der Waals surface area contributed by atoms with Gasteiger partial charge in [-0.15, -0.1) is 0 Å². The zero-order valence-electron chi connectivity index (χ0n) is 13.1. The topological polar surface area (TPSA) is 39.1 Å². The predicted octanol–water partition coefficient (Wildman–Crippen LogP) is 2.71. The monoisotopic (exact) mass is 287 g/mol. The van der Waals surface area contributed by atoms with Crippen molar-refractivity contribution in [3.63, 3.8) is 0 Å². The molecule has 1 aromatic carbocycles. The van der Waals surface area contributed by atoms with Gasteiger partial charge in [-0.2, -0.15) is 0 Å². The number of hydrogen-bond acceptors (Lipinski definition) is 3. The number of benzene rings is 1. The van der Waals surface area contributed by atoms with Crippen molar-refractivity contribution in [3.8, 4) is 0 Å². The van der Waals surface area contributed by atoms with Crippen molar-refractivity contribution >= 4 is 11.0 Å². The number of aromatic nitrogens is 2. The Labute approximate surface area is 126 Å². The van der Waals surface area contributed by atoms with Crippen molar-refractivity contribution in [3.05, 3.63) is 30.1 Å². The van der Waals surface area contributed by atoms with Crippen LogP contribution in [-0.4, -0.2) is 36.4 Å². The molecule has 0 bridgehead atoms. The second kappa shape index (κ2) is 6.16. The molecule has 0 aliphatic carbocycles. The molecule has 0 radical (unpaired) electrons. The maximum Gasteiger partial charge on any atom is 0.117 e. The number of fused-ring (bicyclic) bond motifs is 1. The highest BCUT2D eigenvalue weighted by atomic mass is 16.5. The van der Waals surface area contributed by atoms with Gasteiger partial charge in [0.15, 0.2) is 0 Å². The van der Waals surface area contributed by atoms with Gasteiger partial charge in [0.25, 0.3) is 0 Å². The number of hydrogen-bond donors (Lipinski definition) is 1. The Balaban J connectivity index is 2.10. The SMILES string of the molecule is CCC1(c2nc3ccccc3n2CCOC)CCCNC1. The molecule has 1 aliphatic heterocycles. The highest BCUT2D eigenvalue weighted by Gasteiger charge is 2.36. The van der Waals surface area contributed by atoms with Crippen LogP contribution < -0.4 is 5.32 Å². The summed E-state index contributed by atoms with van der Waals surface area (Å²) in [6.07, 6.45) is 3.56. The summed E-state index contributed by atoms with van der Waals surface area (Å²) in [5.74, 6) is 1.23. The van der Waals surface area contributed by atoms with Gasteiger partial charge in [0.1, 0.15) is 5.82 Å². The Morgan fingerprint density at radius 1 is 1.38 bits per heavy atom. The summed E-state index contributed by atoms with van der Waals surface area (Å²) in [5.41, 5.74) is 2.48. The average molecular weight is 287 g/mol. The number of piperidine rings is 1. The second-order valence-corrected chi connectivity index (χ2v) is 5.98. The van der Waals surface area contributed by atoms with Crippen LogP contribution in [0.15, 0.2) is 24.3 Å². The van der Waals surface area contributed by atoms with E-state index in [1.54, 1.807) is 7.11 Å². The lowest BCUT2D eigenvalue weighted by Crippen LogP contribution is -2.44. The minimum atomic E-state index is 0.158. The molecule has 1 unspecified atom stereocenters. The lowest BCUT2D eigenvalue weighted by molar-refractivity contribution is 0.183. The van der Waals surface area contributed by atoms with E-state index in [4.69, 9.17) is 9.72 Å². The summed E-state index contributed by atoms with van der Waals surface area (Å²) in [6, 6.07) is 8.44. The van der Waals surface area contributed by atoms with E-state index >= 15 is 0 Å². The molecular formula is C17H25N3O. The van der Waals surface area contributed by atoms with E-state index in [-0.39, 0.29) is 5.41 Å². The first-order valence-corrected chi connectivity index (χ1v) is 7.96. The first-order chi connectivity index (χ1) is 10.3. The molecule has 0 saturated carbocycles. The van der Waals surface area contributed by atoms with Gasteiger partial charge in [-0.05, 0) is 37.9 Å². The van der Waals surface area contributed by atoms with Gasteiger partial charge in [0.2, 0.25) is 0 Å². The Hall–Kier alpha value is -1.39. The van der Waals surface area contributed by atoms with E-state index in [1.807, 2.05) is 0 Å². The zero-order chi connectivity index (χ0) is 14.7. The minimum absolute atomic E-state index is 0.158. The van der Waals surface area contributed by atoms with Gasteiger partial charge in [-0.1, -0.05) is 19.1 Å². The molecule has 0 spiro atoms. The molecule has 1 fully saturated rings. The van der Waals surface area contributed by atoms with E-state index in [0.29, 0.717) is 0 Å². The molecule has 3 rings (SSSR count). The Morgan fingerprint density at radius 3 is 2.95 bits per heavy atom. The molecule has 1 atom stereocenters. The van der Waals surface area contributed by atoms with Crippen molar-refractivity contribution in [2.45, 2.75) is 38.1 Å². The third-order valence-electron chi connectivity index (χ3n) is 4.80. The molecule has 114 valence electrons. The summed E-state index contributed by atoms with van der Waals surface area (Å²) in [6.45, 7) is 6.03. The van der Waals surface area contributed by atoms with Crippen molar-refractivity contribution < 1.29 is 4.74 Å². The molecule has 1 saturated heterocycles. The third kappa shape index (κ3) is 2.58. The molecule has 2 aromatic rings. The molecule has 2 heterocycles. The molecule has 21 heavy (non-hydrogen) atoms. The van der Waals surface area contributed by atoms with Crippen LogP contribution >= 0.6 is 0 Å². The number of imidazole rings is 1. The molecular weight excluding hydrogens is 262 g/mol. The van der Waals surface area contributed by atoms with Crippen molar-refractivity contribution in [1.29, 1.82) is 0 Å². The van der Waals surface area contributed by atoms with Crippen molar-refractivity contribution in [2.24, 2.45) is 0 Å². The molecule has 4 heteroatoms. The van der Waals surface area contributed by atoms with Gasteiger partial charge in [0.05, 0.1) is 17.6 Å².